The van der Waals surface area contributed by atoms with E-state index in [9.17, 15) is 4.39 Å². The van der Waals surface area contributed by atoms with Crippen molar-refractivity contribution in [2.45, 2.75) is 34.6 Å². The van der Waals surface area contributed by atoms with Crippen molar-refractivity contribution in [3.05, 3.63) is 94.9 Å². The van der Waals surface area contributed by atoms with Crippen LogP contribution in [0.2, 0.25) is 5.02 Å². The van der Waals surface area contributed by atoms with Crippen LogP contribution in [0.5, 0.6) is 0 Å². The summed E-state index contributed by atoms with van der Waals surface area (Å²) in [7, 11) is 0. The van der Waals surface area contributed by atoms with E-state index >= 15 is 0 Å². The first-order chi connectivity index (χ1) is 14.0. The molecule has 0 atom stereocenters. The quantitative estimate of drug-likeness (QED) is 0.521. The second-order valence-electron chi connectivity index (χ2n) is 5.44. The molecule has 0 bridgehead atoms. The van der Waals surface area contributed by atoms with Gasteiger partial charge in [0.05, 0.1) is 16.7 Å². The van der Waals surface area contributed by atoms with E-state index in [2.05, 4.69) is 12.6 Å². The van der Waals surface area contributed by atoms with Gasteiger partial charge in [0, 0.05) is 23.0 Å². The minimum Gasteiger partial charge on any atom is -0.446 e. The summed E-state index contributed by atoms with van der Waals surface area (Å²) in [6, 6.07) is 14.0. The lowest BCUT2D eigenvalue weighted by atomic mass is 10.1. The van der Waals surface area contributed by atoms with Gasteiger partial charge >= 0.3 is 0 Å². The van der Waals surface area contributed by atoms with E-state index in [4.69, 9.17) is 21.6 Å². The molecule has 1 aliphatic heterocycles. The van der Waals surface area contributed by atoms with E-state index in [1.165, 1.54) is 12.3 Å². The zero-order valence-electron chi connectivity index (χ0n) is 17.5. The van der Waals surface area contributed by atoms with E-state index in [-0.39, 0.29) is 5.02 Å². The number of nitriles is 1. The molecule has 0 aromatic heterocycles. The fourth-order valence-corrected chi connectivity index (χ4v) is 2.72. The van der Waals surface area contributed by atoms with Gasteiger partial charge in [0.1, 0.15) is 12.1 Å². The third kappa shape index (κ3) is 5.49. The lowest BCUT2D eigenvalue weighted by molar-refractivity contribution is 0.314. The molecule has 0 fully saturated rings. The maximum absolute atomic E-state index is 14.3. The molecule has 0 amide bonds. The molecule has 0 radical (unpaired) electrons. The number of allylic oxidation sites excluding steroid dienone is 1. The van der Waals surface area contributed by atoms with Crippen molar-refractivity contribution in [2.24, 2.45) is 0 Å². The molecule has 152 valence electrons. The SMILES string of the molecule is C=C(c1ccc(C#N)cc1)N1C=CO/C1=C(/C)c1cccc(Cl)c1F.CC.CC. The minimum atomic E-state index is -0.492. The van der Waals surface area contributed by atoms with E-state index < -0.39 is 5.82 Å². The van der Waals surface area contributed by atoms with Crippen LogP contribution >= 0.6 is 11.6 Å². The average Bonchev–Trinajstić information content (AvgIpc) is 3.27. The summed E-state index contributed by atoms with van der Waals surface area (Å²) < 4.78 is 19.9. The number of hydrogen-bond donors (Lipinski definition) is 0. The highest BCUT2D eigenvalue weighted by Gasteiger charge is 2.23. The number of benzene rings is 2. The van der Waals surface area contributed by atoms with Crippen molar-refractivity contribution in [2.75, 3.05) is 0 Å². The number of rotatable bonds is 3. The van der Waals surface area contributed by atoms with Gasteiger partial charge in [-0.05, 0) is 30.7 Å². The molecule has 0 saturated heterocycles. The molecule has 0 aliphatic carbocycles. The third-order valence-electron chi connectivity index (χ3n) is 3.92. The van der Waals surface area contributed by atoms with Crippen molar-refractivity contribution >= 4 is 22.9 Å². The highest BCUT2D eigenvalue weighted by molar-refractivity contribution is 6.30. The molecule has 0 N–H and O–H groups in total. The molecule has 0 unspecified atom stereocenters. The van der Waals surface area contributed by atoms with Gasteiger partial charge in [0.15, 0.2) is 0 Å². The molecule has 3 nitrogen and oxygen atoms in total. The maximum atomic E-state index is 14.3. The molecule has 2 aromatic carbocycles. The van der Waals surface area contributed by atoms with Gasteiger partial charge in [-0.15, -0.1) is 0 Å². The van der Waals surface area contributed by atoms with E-state index in [1.807, 2.05) is 27.7 Å². The van der Waals surface area contributed by atoms with Gasteiger partial charge in [-0.1, -0.05) is 70.1 Å². The van der Waals surface area contributed by atoms with Gasteiger partial charge < -0.3 is 4.74 Å². The first kappa shape index (κ1) is 24.0. The van der Waals surface area contributed by atoms with Crippen LogP contribution in [0, 0.1) is 17.1 Å². The highest BCUT2D eigenvalue weighted by Crippen LogP contribution is 2.34. The third-order valence-corrected chi connectivity index (χ3v) is 4.21. The van der Waals surface area contributed by atoms with Crippen LogP contribution in [-0.2, 0) is 4.74 Å². The Balaban J connectivity index is 0.000000989. The fraction of sp³-hybridized carbons (Fsp3) is 0.208. The number of nitrogens with zero attached hydrogens (tertiary/aromatic N) is 2. The van der Waals surface area contributed by atoms with Crippen molar-refractivity contribution in [3.63, 3.8) is 0 Å². The van der Waals surface area contributed by atoms with E-state index in [0.29, 0.717) is 28.3 Å². The van der Waals surface area contributed by atoms with Crippen LogP contribution < -0.4 is 0 Å². The van der Waals surface area contributed by atoms with Gasteiger partial charge in [-0.25, -0.2) is 4.39 Å². The Morgan fingerprint density at radius 1 is 1.10 bits per heavy atom. The largest absolute Gasteiger partial charge is 0.446 e. The van der Waals surface area contributed by atoms with Gasteiger partial charge in [0.25, 0.3) is 0 Å². The smallest absolute Gasteiger partial charge is 0.207 e. The monoisotopic (exact) mass is 412 g/mol. The summed E-state index contributed by atoms with van der Waals surface area (Å²) in [6.45, 7) is 13.8. The van der Waals surface area contributed by atoms with Crippen molar-refractivity contribution in [1.82, 2.24) is 4.90 Å². The molecule has 1 aliphatic rings. The lowest BCUT2D eigenvalue weighted by Gasteiger charge is -2.21. The van der Waals surface area contributed by atoms with Gasteiger partial charge in [0.2, 0.25) is 5.88 Å². The molecular formula is C24H26ClFN2O. The summed E-state index contributed by atoms with van der Waals surface area (Å²) in [5.74, 6) is -0.0378. The summed E-state index contributed by atoms with van der Waals surface area (Å²) in [4.78, 5) is 1.73. The number of hydrogen-bond acceptors (Lipinski definition) is 3. The van der Waals surface area contributed by atoms with Crippen molar-refractivity contribution < 1.29 is 9.13 Å². The normalized spacial score (nSPS) is 13.2. The lowest BCUT2D eigenvalue weighted by Crippen LogP contribution is -2.13. The first-order valence-corrected chi connectivity index (χ1v) is 9.88. The highest BCUT2D eigenvalue weighted by atomic mass is 35.5. The van der Waals surface area contributed by atoms with Crippen LogP contribution in [0.25, 0.3) is 11.3 Å². The van der Waals surface area contributed by atoms with Crippen LogP contribution in [0.3, 0.4) is 0 Å². The Hall–Kier alpha value is -3.03. The Bertz CT molecular complexity index is 940. The molecular weight excluding hydrogens is 387 g/mol. The molecule has 0 spiro atoms. The molecule has 2 aromatic rings. The minimum absolute atomic E-state index is 0.0564. The molecule has 0 saturated carbocycles. The van der Waals surface area contributed by atoms with Gasteiger partial charge in [-0.2, -0.15) is 5.26 Å². The number of halogens is 2. The Labute approximate surface area is 178 Å². The van der Waals surface area contributed by atoms with Crippen molar-refractivity contribution in [3.8, 4) is 6.07 Å². The molecule has 29 heavy (non-hydrogen) atoms. The van der Waals surface area contributed by atoms with Crippen LogP contribution in [0.1, 0.15) is 51.3 Å². The Kier molecular flexibility index (Phi) is 9.71. The zero-order valence-corrected chi connectivity index (χ0v) is 18.2. The van der Waals surface area contributed by atoms with Gasteiger partial charge in [-0.3, -0.25) is 4.90 Å². The van der Waals surface area contributed by atoms with Crippen LogP contribution in [-0.4, -0.2) is 4.90 Å². The fourth-order valence-electron chi connectivity index (χ4n) is 2.55. The van der Waals surface area contributed by atoms with Crippen LogP contribution in [0.15, 0.2) is 67.4 Å². The van der Waals surface area contributed by atoms with Crippen LogP contribution in [0.4, 0.5) is 4.39 Å². The number of ether oxygens (including phenoxy) is 1. The summed E-state index contributed by atoms with van der Waals surface area (Å²) in [5.41, 5.74) is 3.00. The summed E-state index contributed by atoms with van der Waals surface area (Å²) in [5, 5.41) is 8.96. The molecule has 3 rings (SSSR count). The Morgan fingerprint density at radius 2 is 1.72 bits per heavy atom. The predicted octanol–water partition coefficient (Wildman–Crippen LogP) is 7.57. The average molecular weight is 413 g/mol. The standard InChI is InChI=1S/C20H14ClFN2O.2C2H6/c1-13(17-4-3-5-18(21)19(17)22)20-24(10-11-25-20)14(2)16-8-6-15(12-23)7-9-16;2*1-2/h3-11H,2H2,1H3;2*1-2H3/b20-13-;;. The Morgan fingerprint density at radius 3 is 2.31 bits per heavy atom. The summed E-state index contributed by atoms with van der Waals surface area (Å²) in [6.07, 6.45) is 3.22. The maximum Gasteiger partial charge on any atom is 0.207 e. The molecule has 1 heterocycles. The van der Waals surface area contributed by atoms with Crippen molar-refractivity contribution in [1.29, 1.82) is 5.26 Å². The topological polar surface area (TPSA) is 36.3 Å². The van der Waals surface area contributed by atoms with E-state index in [1.54, 1.807) is 54.4 Å². The second-order valence-corrected chi connectivity index (χ2v) is 5.85. The zero-order chi connectivity index (χ0) is 22.0. The second kappa shape index (κ2) is 11.7. The molecule has 5 heteroatoms. The summed E-state index contributed by atoms with van der Waals surface area (Å²) >= 11 is 5.88. The van der Waals surface area contributed by atoms with E-state index in [0.717, 1.165) is 5.56 Å². The first-order valence-electron chi connectivity index (χ1n) is 9.50. The predicted molar refractivity (Wildman–Crippen MR) is 119 cm³/mol.